The van der Waals surface area contributed by atoms with Crippen molar-refractivity contribution in [2.75, 3.05) is 14.2 Å². The van der Waals surface area contributed by atoms with Crippen LogP contribution >= 0.6 is 23.6 Å². The molecule has 0 aliphatic heterocycles. The van der Waals surface area contributed by atoms with Gasteiger partial charge < -0.3 is 15.2 Å². The van der Waals surface area contributed by atoms with Crippen molar-refractivity contribution in [3.63, 3.8) is 0 Å². The largest absolute Gasteiger partial charge is 0.497 e. The third-order valence-corrected chi connectivity index (χ3v) is 7.03. The number of benzene rings is 3. The van der Waals surface area contributed by atoms with Crippen LogP contribution in [0.4, 0.5) is 0 Å². The first-order valence-electron chi connectivity index (χ1n) is 10.1. The minimum Gasteiger partial charge on any atom is -0.497 e. The summed E-state index contributed by atoms with van der Waals surface area (Å²) in [5, 5.41) is 0.757. The molecular weight excluding hydrogens is 436 g/mol. The Morgan fingerprint density at radius 3 is 1.88 bits per heavy atom. The van der Waals surface area contributed by atoms with Crippen molar-refractivity contribution in [1.29, 1.82) is 0 Å². The highest BCUT2D eigenvalue weighted by atomic mass is 32.1. The molecule has 162 valence electrons. The maximum absolute atomic E-state index is 6.98. The van der Waals surface area contributed by atoms with E-state index in [9.17, 15) is 0 Å². The van der Waals surface area contributed by atoms with E-state index >= 15 is 0 Å². The number of aromatic nitrogens is 1. The van der Waals surface area contributed by atoms with Crippen LogP contribution in [0.2, 0.25) is 0 Å². The van der Waals surface area contributed by atoms with E-state index in [0.29, 0.717) is 4.86 Å². The van der Waals surface area contributed by atoms with Crippen LogP contribution in [0.15, 0.2) is 78.9 Å². The predicted molar refractivity (Wildman–Crippen MR) is 136 cm³/mol. The molecule has 0 aliphatic rings. The molecule has 0 fully saturated rings. The van der Waals surface area contributed by atoms with Gasteiger partial charge in [0.1, 0.15) is 22.0 Å². The number of hydrogen-bond acceptors (Lipinski definition) is 6. The fourth-order valence-corrected chi connectivity index (χ4v) is 5.11. The SMILES string of the molecule is COc1ccc(-c2nc(C(N)(C(C)=S)c3ccccc3)sc2-c2ccc(OC)cc2)cc1. The van der Waals surface area contributed by atoms with Crippen LogP contribution in [-0.4, -0.2) is 24.1 Å². The lowest BCUT2D eigenvalue weighted by atomic mass is 9.88. The highest BCUT2D eigenvalue weighted by Gasteiger charge is 2.36. The van der Waals surface area contributed by atoms with E-state index in [2.05, 4.69) is 0 Å². The van der Waals surface area contributed by atoms with Crippen molar-refractivity contribution in [2.24, 2.45) is 5.73 Å². The van der Waals surface area contributed by atoms with Gasteiger partial charge in [0.05, 0.1) is 24.8 Å². The molecule has 0 radical (unpaired) electrons. The Morgan fingerprint density at radius 1 is 0.844 bits per heavy atom. The van der Waals surface area contributed by atoms with Gasteiger partial charge in [-0.25, -0.2) is 4.98 Å². The maximum atomic E-state index is 6.98. The average molecular weight is 461 g/mol. The molecule has 4 rings (SSSR count). The van der Waals surface area contributed by atoms with Gasteiger partial charge in [0.2, 0.25) is 0 Å². The predicted octanol–water partition coefficient (Wildman–Crippen LogP) is 6.09. The van der Waals surface area contributed by atoms with E-state index < -0.39 is 5.54 Å². The standard InChI is InChI=1S/C26H24N2O2S2/c1-17(31)26(27,20-7-5-4-6-8-20)25-28-23(18-9-13-21(29-2)14-10-18)24(32-25)19-11-15-22(30-3)16-12-19/h4-16H,27H2,1-3H3. The van der Waals surface area contributed by atoms with Gasteiger partial charge in [-0.3, -0.25) is 0 Å². The van der Waals surface area contributed by atoms with Gasteiger partial charge in [0.15, 0.2) is 0 Å². The van der Waals surface area contributed by atoms with E-state index in [4.69, 9.17) is 32.4 Å². The number of methoxy groups -OCH3 is 2. The highest BCUT2D eigenvalue weighted by Crippen LogP contribution is 2.42. The second-order valence-electron chi connectivity index (χ2n) is 7.38. The summed E-state index contributed by atoms with van der Waals surface area (Å²) in [7, 11) is 3.32. The molecule has 0 spiro atoms. The molecule has 4 aromatic rings. The van der Waals surface area contributed by atoms with Crippen molar-refractivity contribution < 1.29 is 9.47 Å². The molecule has 32 heavy (non-hydrogen) atoms. The Hall–Kier alpha value is -3.06. The van der Waals surface area contributed by atoms with Gasteiger partial charge >= 0.3 is 0 Å². The van der Waals surface area contributed by atoms with Gasteiger partial charge in [-0.2, -0.15) is 0 Å². The van der Waals surface area contributed by atoms with Crippen molar-refractivity contribution >= 4 is 28.4 Å². The molecule has 3 aromatic carbocycles. The Labute approximate surface area is 197 Å². The number of ether oxygens (including phenoxy) is 2. The summed E-state index contributed by atoms with van der Waals surface area (Å²) in [5.74, 6) is 1.60. The van der Waals surface area contributed by atoms with Crippen molar-refractivity contribution in [2.45, 2.75) is 12.5 Å². The molecule has 1 atom stereocenters. The zero-order valence-corrected chi connectivity index (χ0v) is 19.8. The number of hydrogen-bond donors (Lipinski definition) is 1. The summed E-state index contributed by atoms with van der Waals surface area (Å²) in [6.07, 6.45) is 0. The molecular formula is C26H24N2O2S2. The van der Waals surface area contributed by atoms with Crippen LogP contribution < -0.4 is 15.2 Å². The summed E-state index contributed by atoms with van der Waals surface area (Å²) < 4.78 is 10.7. The molecule has 4 nitrogen and oxygen atoms in total. The summed E-state index contributed by atoms with van der Waals surface area (Å²) >= 11 is 7.22. The molecule has 0 saturated heterocycles. The van der Waals surface area contributed by atoms with Gasteiger partial charge in [0.25, 0.3) is 0 Å². The molecule has 1 heterocycles. The first-order chi connectivity index (χ1) is 15.5. The Morgan fingerprint density at radius 2 is 1.38 bits per heavy atom. The van der Waals surface area contributed by atoms with Crippen molar-refractivity contribution in [3.05, 3.63) is 89.4 Å². The smallest absolute Gasteiger partial charge is 0.125 e. The number of nitrogens with zero attached hydrogens (tertiary/aromatic N) is 1. The van der Waals surface area contributed by atoms with Crippen LogP contribution in [0.25, 0.3) is 21.7 Å². The summed E-state index contributed by atoms with van der Waals surface area (Å²) in [6.45, 7) is 1.88. The number of nitrogens with two attached hydrogens (primary N) is 1. The zero-order chi connectivity index (χ0) is 22.7. The molecule has 0 bridgehead atoms. The van der Waals surface area contributed by atoms with E-state index in [1.54, 1.807) is 25.6 Å². The van der Waals surface area contributed by atoms with E-state index in [0.717, 1.165) is 43.8 Å². The van der Waals surface area contributed by atoms with E-state index in [1.807, 2.05) is 85.8 Å². The second kappa shape index (κ2) is 9.20. The van der Waals surface area contributed by atoms with Gasteiger partial charge in [-0.1, -0.05) is 42.5 Å². The number of thiazole rings is 1. The monoisotopic (exact) mass is 460 g/mol. The number of rotatable bonds is 7. The van der Waals surface area contributed by atoms with Gasteiger partial charge in [0, 0.05) is 10.4 Å². The minimum absolute atomic E-state index is 0.667. The van der Waals surface area contributed by atoms with Gasteiger partial charge in [-0.05, 0) is 66.6 Å². The van der Waals surface area contributed by atoms with Crippen LogP contribution in [0, 0.1) is 0 Å². The third kappa shape index (κ3) is 4.05. The minimum atomic E-state index is -0.965. The van der Waals surface area contributed by atoms with E-state index in [1.165, 1.54) is 0 Å². The fraction of sp³-hybridized carbons (Fsp3) is 0.154. The quantitative estimate of drug-likeness (QED) is 0.338. The lowest BCUT2D eigenvalue weighted by Crippen LogP contribution is -2.43. The normalized spacial score (nSPS) is 12.8. The van der Waals surface area contributed by atoms with E-state index in [-0.39, 0.29) is 0 Å². The molecule has 1 aromatic heterocycles. The summed E-state index contributed by atoms with van der Waals surface area (Å²) in [4.78, 5) is 6.75. The first kappa shape index (κ1) is 22.1. The van der Waals surface area contributed by atoms with Gasteiger partial charge in [-0.15, -0.1) is 11.3 Å². The average Bonchev–Trinajstić information content (AvgIpc) is 3.30. The van der Waals surface area contributed by atoms with Crippen LogP contribution in [0.1, 0.15) is 17.5 Å². The Kier molecular flexibility index (Phi) is 6.37. The topological polar surface area (TPSA) is 57.4 Å². The second-order valence-corrected chi connectivity index (χ2v) is 9.00. The maximum Gasteiger partial charge on any atom is 0.125 e. The molecule has 0 amide bonds. The zero-order valence-electron chi connectivity index (χ0n) is 18.2. The molecule has 2 N–H and O–H groups in total. The molecule has 1 unspecified atom stereocenters. The van der Waals surface area contributed by atoms with Crippen LogP contribution in [0.5, 0.6) is 11.5 Å². The van der Waals surface area contributed by atoms with Crippen LogP contribution in [-0.2, 0) is 5.54 Å². The fourth-order valence-electron chi connectivity index (χ4n) is 3.55. The summed E-state index contributed by atoms with van der Waals surface area (Å²) in [5.41, 5.74) is 9.82. The number of thiocarbonyl (C=S) groups is 1. The van der Waals surface area contributed by atoms with Crippen LogP contribution in [0.3, 0.4) is 0 Å². The Bertz CT molecular complexity index is 1150. The molecule has 6 heteroatoms. The van der Waals surface area contributed by atoms with Crippen molar-refractivity contribution in [1.82, 2.24) is 4.98 Å². The highest BCUT2D eigenvalue weighted by molar-refractivity contribution is 7.80. The molecule has 0 saturated carbocycles. The first-order valence-corrected chi connectivity index (χ1v) is 11.4. The Balaban J connectivity index is 1.92. The lowest BCUT2D eigenvalue weighted by molar-refractivity contribution is 0.414. The lowest BCUT2D eigenvalue weighted by Gasteiger charge is -2.27. The molecule has 0 aliphatic carbocycles. The third-order valence-electron chi connectivity index (χ3n) is 5.46. The van der Waals surface area contributed by atoms with Crippen molar-refractivity contribution in [3.8, 4) is 33.2 Å². The summed E-state index contributed by atoms with van der Waals surface area (Å²) in [6, 6.07) is 25.8.